The van der Waals surface area contributed by atoms with E-state index in [0.29, 0.717) is 11.4 Å². The van der Waals surface area contributed by atoms with Crippen molar-refractivity contribution in [2.24, 2.45) is 0 Å². The third-order valence-electron chi connectivity index (χ3n) is 14.6. The zero-order valence-electron chi connectivity index (χ0n) is 36.6. The average Bonchev–Trinajstić information content (AvgIpc) is 4.12. The number of fused-ring (bicyclic) bond motifs is 18. The zero-order valence-corrected chi connectivity index (χ0v) is 37.4. The van der Waals surface area contributed by atoms with Gasteiger partial charge in [0.25, 0.3) is 0 Å². The summed E-state index contributed by atoms with van der Waals surface area (Å²) in [6.45, 7) is 15.8. The lowest BCUT2D eigenvalue weighted by atomic mass is 9.67. The SMILES string of the molecule is [C-]#[N+]c1ccc2c(c1)c1cc([N+]#[C-])ccc1n2-c1cnc2c(c1)C1(c3ccccc3Sc3ccc(-n4c5ccccc5c5ccccc54)cc31)c1cc(-n3c4ccccc4c4ccccc43)cnc1-2. The predicted octanol–water partition coefficient (Wildman–Crippen LogP) is 15.7. The number of aromatic nitrogens is 5. The number of para-hydroxylation sites is 4. The first-order valence-electron chi connectivity index (χ1n) is 22.9. The monoisotopic (exact) mass is 895 g/mol. The summed E-state index contributed by atoms with van der Waals surface area (Å²) >= 11 is 1.82. The average molecular weight is 896 g/mol. The van der Waals surface area contributed by atoms with Crippen molar-refractivity contribution < 1.29 is 0 Å². The summed E-state index contributed by atoms with van der Waals surface area (Å²) in [5.74, 6) is 0. The first kappa shape index (κ1) is 38.0. The molecule has 0 saturated heterocycles. The number of hydrogen-bond donors (Lipinski definition) is 0. The Bertz CT molecular complexity index is 4340. The summed E-state index contributed by atoms with van der Waals surface area (Å²) < 4.78 is 7.01. The molecule has 8 aromatic carbocycles. The summed E-state index contributed by atoms with van der Waals surface area (Å²) in [7, 11) is 0. The number of hydrogen-bond acceptors (Lipinski definition) is 3. The van der Waals surface area contributed by atoms with Crippen LogP contribution in [0.1, 0.15) is 22.3 Å². The lowest BCUT2D eigenvalue weighted by Crippen LogP contribution is -2.32. The molecule has 0 N–H and O–H groups in total. The fraction of sp³-hybridized carbons (Fsp3) is 0.0164. The van der Waals surface area contributed by atoms with Crippen LogP contribution in [0.3, 0.4) is 0 Å². The highest BCUT2D eigenvalue weighted by Gasteiger charge is 2.52. The maximum absolute atomic E-state index is 7.88. The van der Waals surface area contributed by atoms with Crippen molar-refractivity contribution in [3.05, 3.63) is 246 Å². The summed E-state index contributed by atoms with van der Waals surface area (Å²) in [6.07, 6.45) is 3.99. The Hall–Kier alpha value is -9.21. The molecule has 0 bridgehead atoms. The van der Waals surface area contributed by atoms with Crippen LogP contribution in [0.5, 0.6) is 0 Å². The van der Waals surface area contributed by atoms with Crippen molar-refractivity contribution >= 4 is 88.6 Å². The van der Waals surface area contributed by atoms with E-state index in [2.05, 4.69) is 175 Å². The van der Waals surface area contributed by atoms with Crippen LogP contribution in [0.15, 0.2) is 210 Å². The van der Waals surface area contributed by atoms with Crippen LogP contribution < -0.4 is 0 Å². The second-order valence-corrected chi connectivity index (χ2v) is 19.0. The highest BCUT2D eigenvalue weighted by Crippen LogP contribution is 2.62. The van der Waals surface area contributed by atoms with E-state index in [0.717, 1.165) is 89.0 Å². The van der Waals surface area contributed by atoms with Crippen molar-refractivity contribution in [2.75, 3.05) is 0 Å². The molecule has 2 aliphatic rings. The Labute approximate surface area is 399 Å². The van der Waals surface area contributed by atoms with Crippen molar-refractivity contribution in [3.8, 4) is 28.5 Å². The maximum Gasteiger partial charge on any atom is 0.188 e. The Morgan fingerprint density at radius 3 is 1.26 bits per heavy atom. The number of benzene rings is 8. The fourth-order valence-electron chi connectivity index (χ4n) is 11.8. The maximum atomic E-state index is 7.88. The van der Waals surface area contributed by atoms with Gasteiger partial charge in [-0.05, 0) is 107 Å². The molecule has 0 fully saturated rings. The van der Waals surface area contributed by atoms with Crippen LogP contribution in [-0.2, 0) is 5.41 Å². The van der Waals surface area contributed by atoms with Gasteiger partial charge in [-0.2, -0.15) is 0 Å². The van der Waals surface area contributed by atoms with E-state index in [4.69, 9.17) is 23.1 Å². The van der Waals surface area contributed by atoms with E-state index >= 15 is 0 Å². The van der Waals surface area contributed by atoms with Gasteiger partial charge in [0.15, 0.2) is 11.4 Å². The lowest BCUT2D eigenvalue weighted by Gasteiger charge is -2.39. The minimum atomic E-state index is -0.866. The van der Waals surface area contributed by atoms with Crippen LogP contribution >= 0.6 is 11.8 Å². The molecule has 1 aliphatic carbocycles. The predicted molar refractivity (Wildman–Crippen MR) is 279 cm³/mol. The Morgan fingerprint density at radius 2 is 0.768 bits per heavy atom. The quantitative estimate of drug-likeness (QED) is 0.166. The van der Waals surface area contributed by atoms with Gasteiger partial charge in [-0.1, -0.05) is 115 Å². The van der Waals surface area contributed by atoms with Crippen LogP contribution in [0.4, 0.5) is 11.4 Å². The molecule has 1 unspecified atom stereocenters. The highest BCUT2D eigenvalue weighted by atomic mass is 32.2. The molecule has 15 rings (SSSR count). The second-order valence-electron chi connectivity index (χ2n) is 17.9. The smallest absolute Gasteiger partial charge is 0.188 e. The van der Waals surface area contributed by atoms with E-state index in [1.54, 1.807) is 0 Å². The largest absolute Gasteiger partial charge is 0.309 e. The highest BCUT2D eigenvalue weighted by molar-refractivity contribution is 7.99. The molecule has 5 aromatic heterocycles. The van der Waals surface area contributed by atoms with Crippen LogP contribution in [0.25, 0.3) is 104 Å². The lowest BCUT2D eigenvalue weighted by molar-refractivity contribution is 0.717. The van der Waals surface area contributed by atoms with Gasteiger partial charge in [-0.3, -0.25) is 9.97 Å². The van der Waals surface area contributed by atoms with Crippen molar-refractivity contribution in [1.29, 1.82) is 0 Å². The molecular formula is C61H33N7S. The number of rotatable bonds is 3. The molecule has 69 heavy (non-hydrogen) atoms. The van der Waals surface area contributed by atoms with Crippen molar-refractivity contribution in [1.82, 2.24) is 23.7 Å². The molecule has 13 aromatic rings. The molecular weight excluding hydrogens is 863 g/mol. The second kappa shape index (κ2) is 13.9. The fourth-order valence-corrected chi connectivity index (χ4v) is 13.0. The van der Waals surface area contributed by atoms with E-state index in [-0.39, 0.29) is 0 Å². The summed E-state index contributed by atoms with van der Waals surface area (Å²) in [5, 5.41) is 6.64. The van der Waals surface area contributed by atoms with Gasteiger partial charge in [0.05, 0.1) is 86.8 Å². The topological polar surface area (TPSA) is 49.3 Å². The Balaban J connectivity index is 1.07. The third kappa shape index (κ3) is 5.00. The molecule has 1 aliphatic heterocycles. The van der Waals surface area contributed by atoms with Gasteiger partial charge in [0.1, 0.15) is 0 Å². The molecule has 6 heterocycles. The zero-order chi connectivity index (χ0) is 45.5. The number of nitrogens with zero attached hydrogens (tertiary/aromatic N) is 7. The normalized spacial score (nSPS) is 14.6. The third-order valence-corrected chi connectivity index (χ3v) is 15.7. The molecule has 0 radical (unpaired) electrons. The van der Waals surface area contributed by atoms with E-state index < -0.39 is 5.41 Å². The molecule has 0 amide bonds. The Kier molecular flexibility index (Phi) is 7.65. The van der Waals surface area contributed by atoms with E-state index in [1.165, 1.54) is 36.9 Å². The van der Waals surface area contributed by atoms with Gasteiger partial charge >= 0.3 is 0 Å². The molecule has 1 spiro atoms. The number of pyridine rings is 2. The van der Waals surface area contributed by atoms with Crippen LogP contribution in [0, 0.1) is 13.1 Å². The molecule has 1 atom stereocenters. The van der Waals surface area contributed by atoms with Gasteiger partial charge in [0, 0.05) is 48.2 Å². The van der Waals surface area contributed by atoms with Crippen LogP contribution in [0.2, 0.25) is 0 Å². The first-order chi connectivity index (χ1) is 34.1. The first-order valence-corrected chi connectivity index (χ1v) is 23.7. The molecule has 7 nitrogen and oxygen atoms in total. The summed E-state index contributed by atoms with van der Waals surface area (Å²) in [6, 6.07) is 66.9. The minimum Gasteiger partial charge on any atom is -0.309 e. The molecule has 8 heteroatoms. The molecule has 0 saturated carbocycles. The standard InChI is InChI=1S/C61H33N7S/c1-62-36-23-26-55-45(29-36)46-30-37(63-2)24-27-56(46)68(55)40-33-50-60(65-35-40)59-49(32-39(34-64-59)67-53-20-10-5-15-43(53)44-16-6-11-21-54(44)67)61(50)47-17-7-12-22-57(47)69-58-28-25-38(31-48(58)61)66-51-18-8-3-13-41(51)42-14-4-9-19-52(42)66/h3-35H. The van der Waals surface area contributed by atoms with E-state index in [1.807, 2.05) is 60.6 Å². The van der Waals surface area contributed by atoms with Crippen molar-refractivity contribution in [2.45, 2.75) is 15.2 Å². The van der Waals surface area contributed by atoms with Gasteiger partial charge < -0.3 is 13.7 Å². The van der Waals surface area contributed by atoms with Gasteiger partial charge in [-0.15, -0.1) is 0 Å². The molecule has 318 valence electrons. The Morgan fingerprint density at radius 1 is 0.362 bits per heavy atom. The van der Waals surface area contributed by atoms with E-state index in [9.17, 15) is 0 Å². The summed E-state index contributed by atoms with van der Waals surface area (Å²) in [5.41, 5.74) is 15.7. The van der Waals surface area contributed by atoms with Gasteiger partial charge in [0.2, 0.25) is 0 Å². The van der Waals surface area contributed by atoms with Gasteiger partial charge in [-0.25, -0.2) is 9.69 Å². The van der Waals surface area contributed by atoms with Crippen molar-refractivity contribution in [3.63, 3.8) is 0 Å². The summed E-state index contributed by atoms with van der Waals surface area (Å²) in [4.78, 5) is 20.9. The van der Waals surface area contributed by atoms with Crippen LogP contribution in [-0.4, -0.2) is 23.7 Å². The minimum absolute atomic E-state index is 0.549.